The summed E-state index contributed by atoms with van der Waals surface area (Å²) in [7, 11) is 0. The summed E-state index contributed by atoms with van der Waals surface area (Å²) in [5.41, 5.74) is 0.923. The lowest BCUT2D eigenvalue weighted by Gasteiger charge is -2.07. The molecule has 0 aliphatic heterocycles. The van der Waals surface area contributed by atoms with Gasteiger partial charge in [-0.1, -0.05) is 37.3 Å². The molecule has 0 heterocycles. The van der Waals surface area contributed by atoms with E-state index in [1.54, 1.807) is 0 Å². The maximum atomic E-state index is 11.5. The zero-order valence-corrected chi connectivity index (χ0v) is 11.5. The molecule has 0 saturated heterocycles. The molecule has 3 nitrogen and oxygen atoms in total. The van der Waals surface area contributed by atoms with Gasteiger partial charge in [0.1, 0.15) is 11.5 Å². The quantitative estimate of drug-likeness (QED) is 0.745. The lowest BCUT2D eigenvalue weighted by atomic mass is 10.1. The van der Waals surface area contributed by atoms with E-state index in [-0.39, 0.29) is 5.97 Å². The second-order valence-corrected chi connectivity index (χ2v) is 4.46. The number of esters is 1. The highest BCUT2D eigenvalue weighted by molar-refractivity contribution is 5.72. The number of hydrogen-bond acceptors (Lipinski definition) is 3. The Morgan fingerprint density at radius 1 is 0.950 bits per heavy atom. The third kappa shape index (κ3) is 4.43. The Hall–Kier alpha value is -2.29. The van der Waals surface area contributed by atoms with Crippen molar-refractivity contribution < 1.29 is 14.3 Å². The number of carbonyl (C=O) groups excluding carboxylic acids is 1. The Kier molecular flexibility index (Phi) is 5.18. The summed E-state index contributed by atoms with van der Waals surface area (Å²) in [6, 6.07) is 17.1. The topological polar surface area (TPSA) is 35.5 Å². The number of carbonyl (C=O) groups is 1. The SMILES string of the molecule is CCCOC(=O)Cc1ccc(Oc2ccccc2)cc1. The molecule has 0 spiro atoms. The van der Waals surface area contributed by atoms with Crippen LogP contribution in [0.3, 0.4) is 0 Å². The smallest absolute Gasteiger partial charge is 0.310 e. The number of ether oxygens (including phenoxy) is 2. The van der Waals surface area contributed by atoms with Crippen molar-refractivity contribution in [2.75, 3.05) is 6.61 Å². The zero-order valence-electron chi connectivity index (χ0n) is 11.5. The van der Waals surface area contributed by atoms with Crippen molar-refractivity contribution in [3.05, 3.63) is 60.2 Å². The van der Waals surface area contributed by atoms with Crippen molar-refractivity contribution in [1.29, 1.82) is 0 Å². The zero-order chi connectivity index (χ0) is 14.2. The van der Waals surface area contributed by atoms with E-state index >= 15 is 0 Å². The van der Waals surface area contributed by atoms with Gasteiger partial charge in [0.25, 0.3) is 0 Å². The monoisotopic (exact) mass is 270 g/mol. The standard InChI is InChI=1S/C17H18O3/c1-2-12-19-17(18)13-14-8-10-16(11-9-14)20-15-6-4-3-5-7-15/h3-11H,2,12-13H2,1H3. The molecule has 0 saturated carbocycles. The highest BCUT2D eigenvalue weighted by atomic mass is 16.5. The summed E-state index contributed by atoms with van der Waals surface area (Å²) in [5.74, 6) is 1.35. The van der Waals surface area contributed by atoms with Crippen LogP contribution in [0.15, 0.2) is 54.6 Å². The van der Waals surface area contributed by atoms with Crippen LogP contribution in [-0.4, -0.2) is 12.6 Å². The minimum Gasteiger partial charge on any atom is -0.465 e. The van der Waals surface area contributed by atoms with Crippen LogP contribution >= 0.6 is 0 Å². The van der Waals surface area contributed by atoms with Gasteiger partial charge in [-0.2, -0.15) is 0 Å². The molecule has 0 aliphatic carbocycles. The van der Waals surface area contributed by atoms with E-state index in [9.17, 15) is 4.79 Å². The van der Waals surface area contributed by atoms with Gasteiger partial charge in [0.05, 0.1) is 13.0 Å². The van der Waals surface area contributed by atoms with Gasteiger partial charge in [0, 0.05) is 0 Å². The summed E-state index contributed by atoms with van der Waals surface area (Å²) in [5, 5.41) is 0. The van der Waals surface area contributed by atoms with Crippen molar-refractivity contribution in [3.8, 4) is 11.5 Å². The summed E-state index contributed by atoms with van der Waals surface area (Å²) < 4.78 is 10.7. The Morgan fingerprint density at radius 2 is 1.60 bits per heavy atom. The predicted molar refractivity (Wildman–Crippen MR) is 77.9 cm³/mol. The highest BCUT2D eigenvalue weighted by Crippen LogP contribution is 2.21. The summed E-state index contributed by atoms with van der Waals surface area (Å²) in [6.07, 6.45) is 1.14. The van der Waals surface area contributed by atoms with Gasteiger partial charge in [0.2, 0.25) is 0 Å². The van der Waals surface area contributed by atoms with Gasteiger partial charge in [-0.25, -0.2) is 0 Å². The van der Waals surface area contributed by atoms with Crippen LogP contribution in [0.4, 0.5) is 0 Å². The Bertz CT molecular complexity index is 532. The minimum absolute atomic E-state index is 0.191. The molecule has 2 aromatic carbocycles. The molecular weight excluding hydrogens is 252 g/mol. The van der Waals surface area contributed by atoms with E-state index in [0.717, 1.165) is 23.5 Å². The fraction of sp³-hybridized carbons (Fsp3) is 0.235. The predicted octanol–water partition coefficient (Wildman–Crippen LogP) is 3.97. The summed E-state index contributed by atoms with van der Waals surface area (Å²) >= 11 is 0. The molecule has 0 amide bonds. The largest absolute Gasteiger partial charge is 0.465 e. The number of para-hydroxylation sites is 1. The lowest BCUT2D eigenvalue weighted by Crippen LogP contribution is -2.08. The molecule has 0 aliphatic rings. The van der Waals surface area contributed by atoms with Gasteiger partial charge in [0.15, 0.2) is 0 Å². The first kappa shape index (κ1) is 14.1. The van der Waals surface area contributed by atoms with E-state index in [1.165, 1.54) is 0 Å². The molecule has 0 unspecified atom stereocenters. The van der Waals surface area contributed by atoms with E-state index in [0.29, 0.717) is 13.0 Å². The second-order valence-electron chi connectivity index (χ2n) is 4.46. The molecule has 2 rings (SSSR count). The molecule has 0 radical (unpaired) electrons. The van der Waals surface area contributed by atoms with Crippen LogP contribution < -0.4 is 4.74 Å². The Labute approximate surface area is 119 Å². The van der Waals surface area contributed by atoms with Crippen LogP contribution in [0.2, 0.25) is 0 Å². The van der Waals surface area contributed by atoms with Gasteiger partial charge in [-0.15, -0.1) is 0 Å². The molecule has 0 atom stereocenters. The van der Waals surface area contributed by atoms with Crippen LogP contribution in [0.1, 0.15) is 18.9 Å². The summed E-state index contributed by atoms with van der Waals surface area (Å²) in [6.45, 7) is 2.46. The second kappa shape index (κ2) is 7.34. The first-order chi connectivity index (χ1) is 9.78. The van der Waals surface area contributed by atoms with Crippen molar-refractivity contribution in [2.24, 2.45) is 0 Å². The Morgan fingerprint density at radius 3 is 2.25 bits per heavy atom. The highest BCUT2D eigenvalue weighted by Gasteiger charge is 2.04. The van der Waals surface area contributed by atoms with Gasteiger partial charge < -0.3 is 9.47 Å². The first-order valence-electron chi connectivity index (χ1n) is 6.75. The van der Waals surface area contributed by atoms with Crippen molar-refractivity contribution >= 4 is 5.97 Å². The molecular formula is C17H18O3. The van der Waals surface area contributed by atoms with Crippen molar-refractivity contribution in [2.45, 2.75) is 19.8 Å². The van der Waals surface area contributed by atoms with Gasteiger partial charge >= 0.3 is 5.97 Å². The maximum Gasteiger partial charge on any atom is 0.310 e. The Balaban J connectivity index is 1.91. The number of benzene rings is 2. The third-order valence-corrected chi connectivity index (χ3v) is 2.72. The molecule has 20 heavy (non-hydrogen) atoms. The summed E-state index contributed by atoms with van der Waals surface area (Å²) in [4.78, 5) is 11.5. The number of rotatable bonds is 6. The molecule has 104 valence electrons. The fourth-order valence-corrected chi connectivity index (χ4v) is 1.73. The van der Waals surface area contributed by atoms with E-state index < -0.39 is 0 Å². The van der Waals surface area contributed by atoms with Crippen LogP contribution in [0, 0.1) is 0 Å². The fourth-order valence-electron chi connectivity index (χ4n) is 1.73. The number of hydrogen-bond donors (Lipinski definition) is 0. The molecule has 3 heteroatoms. The molecule has 0 fully saturated rings. The molecule has 2 aromatic rings. The minimum atomic E-state index is -0.191. The van der Waals surface area contributed by atoms with Crippen LogP contribution in [0.25, 0.3) is 0 Å². The molecule has 0 bridgehead atoms. The van der Waals surface area contributed by atoms with Crippen molar-refractivity contribution in [3.63, 3.8) is 0 Å². The van der Waals surface area contributed by atoms with E-state index in [2.05, 4.69) is 0 Å². The molecule has 0 N–H and O–H groups in total. The average Bonchev–Trinajstić information content (AvgIpc) is 2.48. The molecule has 0 aromatic heterocycles. The van der Waals surface area contributed by atoms with Gasteiger partial charge in [-0.05, 0) is 36.2 Å². The van der Waals surface area contributed by atoms with Crippen molar-refractivity contribution in [1.82, 2.24) is 0 Å². The van der Waals surface area contributed by atoms with Crippen LogP contribution in [-0.2, 0) is 16.0 Å². The normalized spacial score (nSPS) is 10.1. The van der Waals surface area contributed by atoms with Crippen LogP contribution in [0.5, 0.6) is 11.5 Å². The maximum absolute atomic E-state index is 11.5. The lowest BCUT2D eigenvalue weighted by molar-refractivity contribution is -0.142. The average molecular weight is 270 g/mol. The third-order valence-electron chi connectivity index (χ3n) is 2.72. The first-order valence-corrected chi connectivity index (χ1v) is 6.75. The van der Waals surface area contributed by atoms with E-state index in [4.69, 9.17) is 9.47 Å². The van der Waals surface area contributed by atoms with E-state index in [1.807, 2.05) is 61.5 Å². The van der Waals surface area contributed by atoms with Gasteiger partial charge in [-0.3, -0.25) is 4.79 Å².